The lowest BCUT2D eigenvalue weighted by atomic mass is 10.6. The van der Waals surface area contributed by atoms with Crippen molar-refractivity contribution in [3.05, 3.63) is 17.5 Å². The van der Waals surface area contributed by atoms with Crippen LogP contribution in [0.3, 0.4) is 0 Å². The van der Waals surface area contributed by atoms with Gasteiger partial charge in [0, 0.05) is 0 Å². The predicted octanol–water partition coefficient (Wildman–Crippen LogP) is 4.34. The minimum atomic E-state index is 0.718. The number of rotatable bonds is 2. The van der Waals surface area contributed by atoms with E-state index in [1.165, 1.54) is 1.59 Å². The van der Waals surface area contributed by atoms with Crippen molar-refractivity contribution in [2.24, 2.45) is 0 Å². The Balaban J connectivity index is 4.21. The van der Waals surface area contributed by atoms with Crippen LogP contribution < -0.4 is 0 Å². The Labute approximate surface area is 109 Å². The van der Waals surface area contributed by atoms with Gasteiger partial charge in [-0.3, -0.25) is 0 Å². The Morgan fingerprint density at radius 1 is 1.22 bits per heavy atom. The zero-order valence-corrected chi connectivity index (χ0v) is 12.8. The van der Waals surface area contributed by atoms with Crippen molar-refractivity contribution in [2.75, 3.05) is 0 Å². The lowest BCUT2D eigenvalue weighted by Gasteiger charge is -1.98. The van der Waals surface area contributed by atoms with Crippen molar-refractivity contribution < 1.29 is 3.07 Å². The topological polar surface area (TPSA) is 9.23 Å². The Morgan fingerprint density at radius 3 is 1.78 bits per heavy atom. The molecule has 0 aliphatic heterocycles. The van der Waals surface area contributed by atoms with Gasteiger partial charge in [0.25, 0.3) is 0 Å². The highest BCUT2D eigenvalue weighted by Gasteiger charge is 2.01. The Morgan fingerprint density at radius 2 is 1.67 bits per heavy atom. The maximum absolute atomic E-state index is 4.87. The largest absolute Gasteiger partial charge is 0.427 e. The van der Waals surface area contributed by atoms with E-state index < -0.39 is 0 Å². The van der Waals surface area contributed by atoms with Crippen LogP contribution in [-0.4, -0.2) is 0 Å². The fraction of sp³-hybridized carbons (Fsp3) is 0. The van der Waals surface area contributed by atoms with Crippen molar-refractivity contribution in [1.29, 1.82) is 0 Å². The van der Waals surface area contributed by atoms with Crippen LogP contribution in [0.4, 0.5) is 0 Å². The van der Waals surface area contributed by atoms with Gasteiger partial charge in [0.1, 0.15) is 5.76 Å². The molecular formula is C4H2I4O. The molecule has 0 saturated heterocycles. The van der Waals surface area contributed by atoms with E-state index in [0.29, 0.717) is 0 Å². The van der Waals surface area contributed by atoms with Gasteiger partial charge in [0.2, 0.25) is 0 Å². The highest BCUT2D eigenvalue weighted by molar-refractivity contribution is 14.2. The van der Waals surface area contributed by atoms with E-state index in [1.54, 1.807) is 0 Å². The first kappa shape index (κ1) is 11.2. The number of halogens is 4. The molecule has 9 heavy (non-hydrogen) atoms. The summed E-state index contributed by atoms with van der Waals surface area (Å²) in [6, 6.07) is 0. The molecule has 5 heteroatoms. The molecule has 0 aliphatic carbocycles. The van der Waals surface area contributed by atoms with Gasteiger partial charge in [-0.2, -0.15) is 0 Å². The molecule has 52 valence electrons. The number of hydrogen-bond acceptors (Lipinski definition) is 1. The van der Waals surface area contributed by atoms with E-state index in [0.717, 1.165) is 9.34 Å². The Bertz CT molecular complexity index is 147. The molecule has 0 aromatic carbocycles. The average Bonchev–Trinajstić information content (AvgIpc) is 1.84. The first-order chi connectivity index (χ1) is 4.09. The first-order valence-electron chi connectivity index (χ1n) is 1.78. The van der Waals surface area contributed by atoms with Crippen LogP contribution in [0.2, 0.25) is 0 Å². The molecule has 0 bridgehead atoms. The first-order valence-corrected chi connectivity index (χ1v) is 5.90. The third-order valence-electron chi connectivity index (χ3n) is 0.504. The predicted molar refractivity (Wildman–Crippen MR) is 73.3 cm³/mol. The summed E-state index contributed by atoms with van der Waals surface area (Å²) in [5.74, 6) is 0.718. The van der Waals surface area contributed by atoms with Gasteiger partial charge in [0.15, 0.2) is 23.0 Å². The second kappa shape index (κ2) is 5.80. The molecule has 0 fully saturated rings. The monoisotopic (exact) mass is 574 g/mol. The van der Waals surface area contributed by atoms with Crippen LogP contribution in [-0.2, 0) is 3.07 Å². The minimum Gasteiger partial charge on any atom is -0.427 e. The molecule has 0 atom stereocenters. The molecule has 1 nitrogen and oxygen atoms in total. The van der Waals surface area contributed by atoms with E-state index in [2.05, 4.69) is 74.4 Å². The summed E-state index contributed by atoms with van der Waals surface area (Å²) in [7, 11) is 0. The Kier molecular flexibility index (Phi) is 7.22. The Hall–Kier alpha value is 2.20. The fourth-order valence-corrected chi connectivity index (χ4v) is 1.49. The van der Waals surface area contributed by atoms with Crippen molar-refractivity contribution in [3.63, 3.8) is 0 Å². The van der Waals surface area contributed by atoms with Crippen LogP contribution in [0.5, 0.6) is 0 Å². The standard InChI is InChI=1S/C4H2I4O/c1-2(9-8)3(5)4(6)7/h1H2. The summed E-state index contributed by atoms with van der Waals surface area (Å²) < 4.78 is 7.12. The molecule has 0 aromatic rings. The van der Waals surface area contributed by atoms with Crippen molar-refractivity contribution in [2.45, 2.75) is 0 Å². The lowest BCUT2D eigenvalue weighted by Crippen LogP contribution is -1.76. The maximum atomic E-state index is 4.87. The smallest absolute Gasteiger partial charge is 0.192 e. The van der Waals surface area contributed by atoms with Gasteiger partial charge in [-0.15, -0.1) is 0 Å². The van der Waals surface area contributed by atoms with Crippen molar-refractivity contribution in [3.8, 4) is 0 Å². The average molecular weight is 574 g/mol. The number of hydrogen-bond donors (Lipinski definition) is 0. The zero-order chi connectivity index (χ0) is 7.44. The zero-order valence-electron chi connectivity index (χ0n) is 4.13. The van der Waals surface area contributed by atoms with Gasteiger partial charge in [-0.25, -0.2) is 0 Å². The molecule has 0 heterocycles. The summed E-state index contributed by atoms with van der Waals surface area (Å²) in [6.45, 7) is 3.69. The molecule has 0 rings (SSSR count). The third-order valence-corrected chi connectivity index (χ3v) is 5.32. The van der Waals surface area contributed by atoms with Crippen LogP contribution in [0.25, 0.3) is 0 Å². The van der Waals surface area contributed by atoms with E-state index in [1.807, 2.05) is 23.0 Å². The van der Waals surface area contributed by atoms with Crippen LogP contribution in [0, 0.1) is 0 Å². The molecule has 0 N–H and O–H groups in total. The summed E-state index contributed by atoms with van der Waals surface area (Å²) in [5.41, 5.74) is 0. The van der Waals surface area contributed by atoms with E-state index >= 15 is 0 Å². The summed E-state index contributed by atoms with van der Waals surface area (Å²) in [6.07, 6.45) is 0. The molecular weight excluding hydrogens is 572 g/mol. The second-order valence-electron chi connectivity index (χ2n) is 1.07. The minimum absolute atomic E-state index is 0.718. The normalized spacial score (nSPS) is 8.44. The van der Waals surface area contributed by atoms with Gasteiger partial charge in [-0.1, -0.05) is 6.58 Å². The fourth-order valence-electron chi connectivity index (χ4n) is 0.139. The maximum Gasteiger partial charge on any atom is 0.192 e. The number of allylic oxidation sites excluding steroid dienone is 1. The molecule has 0 unspecified atom stereocenters. The SMILES string of the molecule is C=C(OI)C(I)=C(I)I. The van der Waals surface area contributed by atoms with Gasteiger partial charge in [-0.05, 0) is 67.8 Å². The highest BCUT2D eigenvalue weighted by atomic mass is 127. The quantitative estimate of drug-likeness (QED) is 0.272. The molecule has 0 aliphatic rings. The highest BCUT2D eigenvalue weighted by Crippen LogP contribution is 2.31. The van der Waals surface area contributed by atoms with E-state index in [-0.39, 0.29) is 0 Å². The van der Waals surface area contributed by atoms with E-state index in [9.17, 15) is 0 Å². The summed E-state index contributed by atoms with van der Waals surface area (Å²) in [4.78, 5) is 0. The molecule has 0 saturated carbocycles. The van der Waals surface area contributed by atoms with Gasteiger partial charge in [0.05, 0.1) is 5.17 Å². The van der Waals surface area contributed by atoms with Gasteiger partial charge >= 0.3 is 0 Å². The summed E-state index contributed by atoms with van der Waals surface area (Å²) in [5, 5.41) is 0. The molecule has 0 aromatic heterocycles. The van der Waals surface area contributed by atoms with Gasteiger partial charge < -0.3 is 3.07 Å². The lowest BCUT2D eigenvalue weighted by molar-refractivity contribution is 0.590. The molecule has 0 amide bonds. The van der Waals surface area contributed by atoms with Crippen LogP contribution in [0.15, 0.2) is 17.5 Å². The van der Waals surface area contributed by atoms with Crippen molar-refractivity contribution >= 4 is 90.8 Å². The van der Waals surface area contributed by atoms with E-state index in [4.69, 9.17) is 3.07 Å². The van der Waals surface area contributed by atoms with Crippen LogP contribution in [0.1, 0.15) is 0 Å². The molecule has 0 spiro atoms. The summed E-state index contributed by atoms with van der Waals surface area (Å²) >= 11 is 8.45. The second-order valence-corrected chi connectivity index (χ2v) is 6.82. The molecule has 0 radical (unpaired) electrons. The van der Waals surface area contributed by atoms with Crippen LogP contribution >= 0.6 is 90.8 Å². The third kappa shape index (κ3) is 4.61. The van der Waals surface area contributed by atoms with Crippen molar-refractivity contribution in [1.82, 2.24) is 0 Å².